The molecule has 0 fully saturated rings. The van der Waals surface area contributed by atoms with Crippen molar-refractivity contribution in [3.8, 4) is 0 Å². The van der Waals surface area contributed by atoms with Crippen molar-refractivity contribution in [1.29, 1.82) is 0 Å². The molecule has 0 aliphatic carbocycles. The normalized spacial score (nSPS) is 10.2. The molecule has 0 radical (unpaired) electrons. The Morgan fingerprint density at radius 2 is 2.24 bits per heavy atom. The number of nitrogens with one attached hydrogen (secondary N) is 2. The Kier molecular flexibility index (Phi) is 3.83. The van der Waals surface area contributed by atoms with Gasteiger partial charge in [-0.25, -0.2) is 0 Å². The minimum Gasteiger partial charge on any atom is -0.367 e. The molecular formula is C13H13IN2O. The molecular weight excluding hydrogens is 327 g/mol. The van der Waals surface area contributed by atoms with Crippen LogP contribution >= 0.6 is 22.6 Å². The lowest BCUT2D eigenvalue weighted by molar-refractivity contribution is 0.0950. The lowest BCUT2D eigenvalue weighted by Gasteiger charge is -2.07. The average molecular weight is 340 g/mol. The van der Waals surface area contributed by atoms with Gasteiger partial charge in [0.1, 0.15) is 0 Å². The summed E-state index contributed by atoms with van der Waals surface area (Å²) >= 11 is 2.21. The third-order valence-electron chi connectivity index (χ3n) is 2.55. The van der Waals surface area contributed by atoms with Gasteiger partial charge in [-0.3, -0.25) is 4.79 Å². The summed E-state index contributed by atoms with van der Waals surface area (Å²) in [7, 11) is 0. The maximum absolute atomic E-state index is 12.0. The predicted octanol–water partition coefficient (Wildman–Crippen LogP) is 2.86. The first-order valence-corrected chi connectivity index (χ1v) is 6.41. The van der Waals surface area contributed by atoms with Crippen molar-refractivity contribution in [3.05, 3.63) is 56.9 Å². The number of benzene rings is 1. The Labute approximate surface area is 114 Å². The molecule has 0 aliphatic heterocycles. The van der Waals surface area contributed by atoms with E-state index in [4.69, 9.17) is 0 Å². The summed E-state index contributed by atoms with van der Waals surface area (Å²) in [6, 6.07) is 7.70. The van der Waals surface area contributed by atoms with E-state index >= 15 is 0 Å². The molecule has 1 heterocycles. The molecule has 4 heteroatoms. The summed E-state index contributed by atoms with van der Waals surface area (Å²) in [5, 5.41) is 2.91. The van der Waals surface area contributed by atoms with Crippen LogP contribution in [-0.2, 0) is 6.54 Å². The second kappa shape index (κ2) is 5.35. The van der Waals surface area contributed by atoms with E-state index in [0.717, 1.165) is 20.3 Å². The predicted molar refractivity (Wildman–Crippen MR) is 75.9 cm³/mol. The number of aromatic amines is 1. The van der Waals surface area contributed by atoms with E-state index in [0.29, 0.717) is 6.54 Å². The topological polar surface area (TPSA) is 44.9 Å². The monoisotopic (exact) mass is 340 g/mol. The van der Waals surface area contributed by atoms with Gasteiger partial charge < -0.3 is 10.3 Å². The van der Waals surface area contributed by atoms with E-state index in [1.807, 2.05) is 43.6 Å². The molecule has 1 aromatic heterocycles. The Morgan fingerprint density at radius 3 is 2.94 bits per heavy atom. The van der Waals surface area contributed by atoms with E-state index in [9.17, 15) is 4.79 Å². The minimum absolute atomic E-state index is 0.0284. The van der Waals surface area contributed by atoms with Crippen LogP contribution in [0.1, 0.15) is 21.5 Å². The minimum atomic E-state index is -0.0284. The van der Waals surface area contributed by atoms with Gasteiger partial charge in [-0.2, -0.15) is 0 Å². The molecule has 0 bridgehead atoms. The van der Waals surface area contributed by atoms with Gasteiger partial charge in [-0.1, -0.05) is 12.1 Å². The van der Waals surface area contributed by atoms with Crippen molar-refractivity contribution in [2.75, 3.05) is 0 Å². The number of hydrogen-bond acceptors (Lipinski definition) is 1. The van der Waals surface area contributed by atoms with Crippen LogP contribution in [0.5, 0.6) is 0 Å². The first-order valence-electron chi connectivity index (χ1n) is 5.33. The molecule has 17 heavy (non-hydrogen) atoms. The van der Waals surface area contributed by atoms with Gasteiger partial charge >= 0.3 is 0 Å². The van der Waals surface area contributed by atoms with Crippen molar-refractivity contribution < 1.29 is 4.79 Å². The second-order valence-electron chi connectivity index (χ2n) is 3.84. The Hall–Kier alpha value is -1.30. The average Bonchev–Trinajstić information content (AvgIpc) is 2.82. The van der Waals surface area contributed by atoms with Crippen LogP contribution in [0.3, 0.4) is 0 Å². The first-order chi connectivity index (χ1) is 8.18. The molecule has 88 valence electrons. The number of rotatable bonds is 3. The summed E-state index contributed by atoms with van der Waals surface area (Å²) in [5.41, 5.74) is 2.93. The Morgan fingerprint density at radius 1 is 1.41 bits per heavy atom. The zero-order valence-electron chi connectivity index (χ0n) is 9.46. The summed E-state index contributed by atoms with van der Waals surface area (Å²) < 4.78 is 1.01. The molecule has 1 amide bonds. The maximum Gasteiger partial charge on any atom is 0.252 e. The van der Waals surface area contributed by atoms with E-state index in [-0.39, 0.29) is 5.91 Å². The summed E-state index contributed by atoms with van der Waals surface area (Å²) in [6.45, 7) is 2.55. The number of hydrogen-bond donors (Lipinski definition) is 2. The fraction of sp³-hybridized carbons (Fsp3) is 0.154. The standard InChI is InChI=1S/C13H13IN2O/c1-9-3-2-4-11(12(9)14)13(17)16-8-10-5-6-15-7-10/h2-7,15H,8H2,1H3,(H,16,17). The molecule has 0 unspecified atom stereocenters. The summed E-state index contributed by atoms with van der Waals surface area (Å²) in [5.74, 6) is -0.0284. The zero-order valence-corrected chi connectivity index (χ0v) is 11.6. The number of halogens is 1. The molecule has 3 nitrogen and oxygen atoms in total. The highest BCUT2D eigenvalue weighted by Gasteiger charge is 2.10. The van der Waals surface area contributed by atoms with Crippen LogP contribution in [0, 0.1) is 10.5 Å². The fourth-order valence-electron chi connectivity index (χ4n) is 1.57. The number of aromatic nitrogens is 1. The maximum atomic E-state index is 12.0. The van der Waals surface area contributed by atoms with Crippen LogP contribution in [0.25, 0.3) is 0 Å². The Balaban J connectivity index is 2.07. The molecule has 0 saturated heterocycles. The molecule has 0 aliphatic rings. The third-order valence-corrected chi connectivity index (χ3v) is 3.98. The van der Waals surface area contributed by atoms with Gasteiger partial charge in [0.15, 0.2) is 0 Å². The van der Waals surface area contributed by atoms with Crippen LogP contribution in [-0.4, -0.2) is 10.9 Å². The quantitative estimate of drug-likeness (QED) is 0.830. The molecule has 1 aromatic carbocycles. The van der Waals surface area contributed by atoms with Gasteiger partial charge in [0.25, 0.3) is 5.91 Å². The van der Waals surface area contributed by atoms with Gasteiger partial charge in [-0.15, -0.1) is 0 Å². The number of carbonyl (C=O) groups is 1. The van der Waals surface area contributed by atoms with Gasteiger partial charge in [0.2, 0.25) is 0 Å². The van der Waals surface area contributed by atoms with Crippen LogP contribution in [0.4, 0.5) is 0 Å². The zero-order chi connectivity index (χ0) is 12.3. The van der Waals surface area contributed by atoms with Crippen LogP contribution in [0.15, 0.2) is 36.7 Å². The van der Waals surface area contributed by atoms with Crippen LogP contribution in [0.2, 0.25) is 0 Å². The molecule has 0 spiro atoms. The SMILES string of the molecule is Cc1cccc(C(=O)NCc2cc[nH]c2)c1I. The number of aryl methyl sites for hydroxylation is 1. The van der Waals surface area contributed by atoms with E-state index < -0.39 is 0 Å². The number of carbonyl (C=O) groups excluding carboxylic acids is 1. The highest BCUT2D eigenvalue weighted by molar-refractivity contribution is 14.1. The van der Waals surface area contributed by atoms with Crippen molar-refractivity contribution in [2.45, 2.75) is 13.5 Å². The summed E-state index contributed by atoms with van der Waals surface area (Å²) in [6.07, 6.45) is 3.72. The molecule has 0 atom stereocenters. The van der Waals surface area contributed by atoms with E-state index in [1.54, 1.807) is 0 Å². The van der Waals surface area contributed by atoms with Gasteiger partial charge in [0.05, 0.1) is 5.56 Å². The van der Waals surface area contributed by atoms with Crippen molar-refractivity contribution in [2.24, 2.45) is 0 Å². The molecule has 2 aromatic rings. The lowest BCUT2D eigenvalue weighted by atomic mass is 10.1. The van der Waals surface area contributed by atoms with Gasteiger partial charge in [0, 0.05) is 22.5 Å². The van der Waals surface area contributed by atoms with Crippen LogP contribution < -0.4 is 5.32 Å². The number of amides is 1. The van der Waals surface area contributed by atoms with Crippen molar-refractivity contribution in [3.63, 3.8) is 0 Å². The third kappa shape index (κ3) is 2.88. The number of H-pyrrole nitrogens is 1. The molecule has 2 N–H and O–H groups in total. The molecule has 0 saturated carbocycles. The Bertz CT molecular complexity index is 520. The second-order valence-corrected chi connectivity index (χ2v) is 4.92. The van der Waals surface area contributed by atoms with E-state index in [1.165, 1.54) is 0 Å². The van der Waals surface area contributed by atoms with Gasteiger partial charge in [-0.05, 0) is 52.8 Å². The highest BCUT2D eigenvalue weighted by atomic mass is 127. The fourth-order valence-corrected chi connectivity index (χ4v) is 2.17. The van der Waals surface area contributed by atoms with Crippen molar-refractivity contribution >= 4 is 28.5 Å². The summed E-state index contributed by atoms with van der Waals surface area (Å²) in [4.78, 5) is 14.9. The smallest absolute Gasteiger partial charge is 0.252 e. The highest BCUT2D eigenvalue weighted by Crippen LogP contribution is 2.16. The molecule has 2 rings (SSSR count). The van der Waals surface area contributed by atoms with E-state index in [2.05, 4.69) is 32.9 Å². The largest absolute Gasteiger partial charge is 0.367 e. The lowest BCUT2D eigenvalue weighted by Crippen LogP contribution is -2.23. The first kappa shape index (κ1) is 12.2. The van der Waals surface area contributed by atoms with Crippen molar-refractivity contribution in [1.82, 2.24) is 10.3 Å².